The Balaban J connectivity index is 2.69. The highest BCUT2D eigenvalue weighted by Crippen LogP contribution is 2.54. The Morgan fingerprint density at radius 3 is 1.86 bits per heavy atom. The number of benzene rings is 3. The van der Waals surface area contributed by atoms with Gasteiger partial charge >= 0.3 is 0 Å². The van der Waals surface area contributed by atoms with Crippen LogP contribution in [0.5, 0.6) is 11.5 Å². The van der Waals surface area contributed by atoms with Crippen LogP contribution in [0.25, 0.3) is 0 Å². The molecule has 29 heavy (non-hydrogen) atoms. The lowest BCUT2D eigenvalue weighted by Crippen LogP contribution is -2.39. The van der Waals surface area contributed by atoms with Gasteiger partial charge in [0.15, 0.2) is 4.75 Å². The van der Waals surface area contributed by atoms with Crippen LogP contribution in [-0.2, 0) is 14.9 Å². The largest absolute Gasteiger partial charge is 0.506 e. The molecular weight excluding hydrogens is 482 g/mol. The SMILES string of the molecule is O=S(=O)(O)C(c1ccccc1)(c1cc(Cl)ccc1Cl)c1c(Cl)c(O)cc(O)c1Cl. The number of phenolic OH excluding ortho intramolecular Hbond substituents is 2. The first-order valence-electron chi connectivity index (χ1n) is 7.90. The van der Waals surface area contributed by atoms with Crippen molar-refractivity contribution in [2.75, 3.05) is 0 Å². The van der Waals surface area contributed by atoms with Crippen molar-refractivity contribution >= 4 is 56.5 Å². The van der Waals surface area contributed by atoms with Gasteiger partial charge in [-0.05, 0) is 23.8 Å². The Morgan fingerprint density at radius 1 is 0.793 bits per heavy atom. The standard InChI is InChI=1S/C19H12Cl4O5S/c20-11-6-7-13(21)12(8-11)19(29(26,27)28,10-4-2-1-3-5-10)16-17(22)14(24)9-15(25)18(16)23/h1-9,24-25H,(H,26,27,28). The van der Waals surface area contributed by atoms with Gasteiger partial charge in [-0.15, -0.1) is 0 Å². The summed E-state index contributed by atoms with van der Waals surface area (Å²) in [5.41, 5.74) is -0.647. The zero-order valence-electron chi connectivity index (χ0n) is 14.3. The lowest BCUT2D eigenvalue weighted by atomic mass is 9.83. The van der Waals surface area contributed by atoms with Crippen LogP contribution in [-0.4, -0.2) is 23.2 Å². The summed E-state index contributed by atoms with van der Waals surface area (Å²) >= 11 is 24.9. The van der Waals surface area contributed by atoms with Gasteiger partial charge in [0.1, 0.15) is 11.5 Å². The molecule has 0 heterocycles. The van der Waals surface area contributed by atoms with Crippen LogP contribution < -0.4 is 0 Å². The summed E-state index contributed by atoms with van der Waals surface area (Å²) in [7, 11) is -5.14. The second-order valence-corrected chi connectivity index (χ2v) is 9.23. The maximum absolute atomic E-state index is 13.0. The van der Waals surface area contributed by atoms with E-state index in [1.54, 1.807) is 6.07 Å². The number of halogens is 4. The van der Waals surface area contributed by atoms with E-state index in [2.05, 4.69) is 0 Å². The topological polar surface area (TPSA) is 94.8 Å². The van der Waals surface area contributed by atoms with Crippen molar-refractivity contribution < 1.29 is 23.2 Å². The third-order valence-corrected chi connectivity index (χ3v) is 7.15. The monoisotopic (exact) mass is 492 g/mol. The first-order chi connectivity index (χ1) is 13.5. The zero-order valence-corrected chi connectivity index (χ0v) is 18.1. The number of aromatic hydroxyl groups is 2. The van der Waals surface area contributed by atoms with Gasteiger partial charge < -0.3 is 10.2 Å². The van der Waals surface area contributed by atoms with E-state index in [1.165, 1.54) is 42.5 Å². The predicted octanol–water partition coefficient (Wildman–Crippen LogP) is 5.89. The third kappa shape index (κ3) is 3.54. The number of rotatable bonds is 4. The molecule has 0 radical (unpaired) electrons. The van der Waals surface area contributed by atoms with Crippen LogP contribution in [0.2, 0.25) is 20.1 Å². The van der Waals surface area contributed by atoms with Gasteiger partial charge in [0.2, 0.25) is 0 Å². The van der Waals surface area contributed by atoms with E-state index in [9.17, 15) is 23.2 Å². The molecule has 1 atom stereocenters. The Labute approximate surface area is 186 Å². The van der Waals surface area contributed by atoms with Gasteiger partial charge in [-0.2, -0.15) is 8.42 Å². The first-order valence-corrected chi connectivity index (χ1v) is 10.9. The molecule has 0 bridgehead atoms. The van der Waals surface area contributed by atoms with Crippen molar-refractivity contribution in [2.24, 2.45) is 0 Å². The van der Waals surface area contributed by atoms with Crippen LogP contribution in [0.3, 0.4) is 0 Å². The van der Waals surface area contributed by atoms with Crippen molar-refractivity contribution in [3.63, 3.8) is 0 Å². The minimum atomic E-state index is -5.14. The number of hydrogen-bond acceptors (Lipinski definition) is 4. The van der Waals surface area contributed by atoms with E-state index in [-0.39, 0.29) is 21.2 Å². The normalized spacial score (nSPS) is 13.8. The minimum absolute atomic E-state index is 0.000432. The van der Waals surface area contributed by atoms with Crippen molar-refractivity contribution in [1.29, 1.82) is 0 Å². The van der Waals surface area contributed by atoms with Gasteiger partial charge in [-0.25, -0.2) is 0 Å². The summed E-state index contributed by atoms with van der Waals surface area (Å²) in [6, 6.07) is 12.3. The highest BCUT2D eigenvalue weighted by Gasteiger charge is 2.53. The highest BCUT2D eigenvalue weighted by molar-refractivity contribution is 7.87. The van der Waals surface area contributed by atoms with Gasteiger partial charge in [-0.1, -0.05) is 76.7 Å². The molecule has 3 rings (SSSR count). The number of phenols is 2. The molecule has 3 aromatic rings. The fourth-order valence-corrected chi connectivity index (χ4v) is 5.78. The summed E-state index contributed by atoms with van der Waals surface area (Å²) < 4.78 is 34.0. The quantitative estimate of drug-likeness (QED) is 0.311. The molecule has 3 N–H and O–H groups in total. The average Bonchev–Trinajstić information content (AvgIpc) is 2.65. The molecule has 0 aromatic heterocycles. The zero-order chi connectivity index (χ0) is 21.6. The van der Waals surface area contributed by atoms with Gasteiger partial charge in [0.25, 0.3) is 10.1 Å². The molecule has 0 fully saturated rings. The van der Waals surface area contributed by atoms with Crippen molar-refractivity contribution in [3.8, 4) is 11.5 Å². The van der Waals surface area contributed by atoms with Crippen LogP contribution >= 0.6 is 46.4 Å². The fraction of sp³-hybridized carbons (Fsp3) is 0.0526. The Kier molecular flexibility index (Phi) is 5.98. The van der Waals surface area contributed by atoms with Gasteiger partial charge in [0.05, 0.1) is 10.0 Å². The average molecular weight is 494 g/mol. The molecule has 0 aliphatic carbocycles. The van der Waals surface area contributed by atoms with E-state index >= 15 is 0 Å². The molecule has 152 valence electrons. The van der Waals surface area contributed by atoms with E-state index in [4.69, 9.17) is 46.4 Å². The van der Waals surface area contributed by atoms with E-state index in [0.717, 1.165) is 6.07 Å². The van der Waals surface area contributed by atoms with Crippen LogP contribution in [0.15, 0.2) is 54.6 Å². The molecule has 0 aliphatic rings. The molecule has 1 unspecified atom stereocenters. The smallest absolute Gasteiger partial charge is 0.283 e. The first kappa shape index (κ1) is 22.0. The predicted molar refractivity (Wildman–Crippen MR) is 114 cm³/mol. The summed E-state index contributed by atoms with van der Waals surface area (Å²) in [4.78, 5) is 0. The lowest BCUT2D eigenvalue weighted by Gasteiger charge is -2.34. The molecule has 0 amide bonds. The Morgan fingerprint density at radius 2 is 1.34 bits per heavy atom. The molecule has 10 heteroatoms. The molecule has 3 aromatic carbocycles. The Hall–Kier alpha value is -1.67. The summed E-state index contributed by atoms with van der Waals surface area (Å²) in [5.74, 6) is -1.30. The Bertz CT molecular complexity index is 1170. The minimum Gasteiger partial charge on any atom is -0.506 e. The molecule has 0 saturated carbocycles. The second kappa shape index (κ2) is 7.87. The van der Waals surface area contributed by atoms with Gasteiger partial charge in [-0.3, -0.25) is 4.55 Å². The summed E-state index contributed by atoms with van der Waals surface area (Å²) in [6.07, 6.45) is 0. The lowest BCUT2D eigenvalue weighted by molar-refractivity contribution is 0.444. The maximum atomic E-state index is 13.0. The molecule has 5 nitrogen and oxygen atoms in total. The second-order valence-electron chi connectivity index (χ2n) is 6.06. The summed E-state index contributed by atoms with van der Waals surface area (Å²) in [6.45, 7) is 0. The van der Waals surface area contributed by atoms with E-state index in [0.29, 0.717) is 0 Å². The molecule has 0 saturated heterocycles. The molecule has 0 aliphatic heterocycles. The third-order valence-electron chi connectivity index (χ3n) is 4.39. The van der Waals surface area contributed by atoms with Crippen molar-refractivity contribution in [2.45, 2.75) is 4.75 Å². The number of hydrogen-bond donors (Lipinski definition) is 3. The van der Waals surface area contributed by atoms with Crippen molar-refractivity contribution in [3.05, 3.63) is 91.4 Å². The molecular formula is C19H12Cl4O5S. The van der Waals surface area contributed by atoms with E-state index < -0.39 is 42.0 Å². The fourth-order valence-electron chi connectivity index (χ4n) is 3.21. The maximum Gasteiger partial charge on any atom is 0.283 e. The van der Waals surface area contributed by atoms with Crippen LogP contribution in [0.1, 0.15) is 16.7 Å². The van der Waals surface area contributed by atoms with Crippen LogP contribution in [0.4, 0.5) is 0 Å². The van der Waals surface area contributed by atoms with Crippen molar-refractivity contribution in [1.82, 2.24) is 0 Å². The summed E-state index contributed by atoms with van der Waals surface area (Å²) in [5, 5.41) is 19.4. The van der Waals surface area contributed by atoms with E-state index in [1.807, 2.05) is 0 Å². The molecule has 0 spiro atoms. The highest BCUT2D eigenvalue weighted by atomic mass is 35.5. The van der Waals surface area contributed by atoms with Crippen LogP contribution in [0, 0.1) is 0 Å². The van der Waals surface area contributed by atoms with Gasteiger partial charge in [0, 0.05) is 27.2 Å².